The topological polar surface area (TPSA) is 68.2 Å². The number of nitrogens with one attached hydrogen (secondary N) is 1. The maximum Gasteiger partial charge on any atom is 0.0893 e. The Hall–Kier alpha value is -1.90. The maximum absolute atomic E-state index is 5.58. The van der Waals surface area contributed by atoms with E-state index in [9.17, 15) is 0 Å². The summed E-state index contributed by atoms with van der Waals surface area (Å²) < 4.78 is 1.79. The van der Waals surface area contributed by atoms with Gasteiger partial charge >= 0.3 is 0 Å². The van der Waals surface area contributed by atoms with E-state index < -0.39 is 0 Å². The Labute approximate surface area is 100 Å². The van der Waals surface area contributed by atoms with Crippen LogP contribution in [-0.2, 0) is 0 Å². The molecule has 2 heterocycles. The first-order valence-corrected chi connectivity index (χ1v) is 5.49. The average Bonchev–Trinajstić information content (AvgIpc) is 2.79. The monoisotopic (exact) mass is 229 g/mol. The molecular weight excluding hydrogens is 214 g/mol. The van der Waals surface area contributed by atoms with E-state index in [-0.39, 0.29) is 6.04 Å². The lowest BCUT2D eigenvalue weighted by atomic mass is 10.0. The number of aromatic nitrogens is 3. The minimum atomic E-state index is 0.0533. The Bertz CT molecular complexity index is 549. The molecule has 5 heteroatoms. The Balaban J connectivity index is 2.25. The van der Waals surface area contributed by atoms with Crippen LogP contribution in [0.3, 0.4) is 0 Å². The van der Waals surface area contributed by atoms with Crippen molar-refractivity contribution in [2.24, 2.45) is 5.84 Å². The molecule has 88 valence electrons. The van der Waals surface area contributed by atoms with Gasteiger partial charge in [0.15, 0.2) is 0 Å². The molecule has 1 unspecified atom stereocenters. The Kier molecular flexibility index (Phi) is 3.70. The lowest BCUT2D eigenvalue weighted by Crippen LogP contribution is -2.27. The SMILES string of the molecule is CC#CCCC(NN)c1cnn2ccncc12. The zero-order valence-electron chi connectivity index (χ0n) is 9.72. The van der Waals surface area contributed by atoms with Gasteiger partial charge in [0.2, 0.25) is 0 Å². The van der Waals surface area contributed by atoms with Crippen LogP contribution < -0.4 is 11.3 Å². The summed E-state index contributed by atoms with van der Waals surface area (Å²) >= 11 is 0. The number of rotatable bonds is 4. The molecule has 5 nitrogen and oxygen atoms in total. The van der Waals surface area contributed by atoms with E-state index in [1.54, 1.807) is 16.9 Å². The standard InChI is InChI=1S/C12H15N5/c1-2-3-4-5-11(16-13)10-8-15-17-7-6-14-9-12(10)17/h6-9,11,16H,4-5,13H2,1H3. The highest BCUT2D eigenvalue weighted by Gasteiger charge is 2.14. The zero-order valence-corrected chi connectivity index (χ0v) is 9.72. The van der Waals surface area contributed by atoms with Gasteiger partial charge in [0.05, 0.1) is 24.0 Å². The van der Waals surface area contributed by atoms with Gasteiger partial charge in [0.25, 0.3) is 0 Å². The summed E-state index contributed by atoms with van der Waals surface area (Å²) in [5.41, 5.74) is 4.83. The van der Waals surface area contributed by atoms with Gasteiger partial charge < -0.3 is 0 Å². The third kappa shape index (κ3) is 2.44. The van der Waals surface area contributed by atoms with Gasteiger partial charge in [-0.1, -0.05) is 0 Å². The number of hydrogen-bond donors (Lipinski definition) is 2. The van der Waals surface area contributed by atoms with Crippen LogP contribution in [0.5, 0.6) is 0 Å². The summed E-state index contributed by atoms with van der Waals surface area (Å²) in [5, 5.41) is 4.26. The normalized spacial score (nSPS) is 12.1. The second-order valence-corrected chi connectivity index (χ2v) is 3.69. The molecule has 0 spiro atoms. The third-order valence-corrected chi connectivity index (χ3v) is 2.67. The first-order valence-electron chi connectivity index (χ1n) is 5.49. The summed E-state index contributed by atoms with van der Waals surface area (Å²) in [7, 11) is 0. The molecule has 0 bridgehead atoms. The summed E-state index contributed by atoms with van der Waals surface area (Å²) in [5.74, 6) is 11.5. The molecule has 0 amide bonds. The van der Waals surface area contributed by atoms with Gasteiger partial charge in [-0.15, -0.1) is 11.8 Å². The van der Waals surface area contributed by atoms with Gasteiger partial charge in [0.1, 0.15) is 0 Å². The van der Waals surface area contributed by atoms with Crippen LogP contribution >= 0.6 is 0 Å². The van der Waals surface area contributed by atoms with Gasteiger partial charge in [-0.3, -0.25) is 16.3 Å². The minimum Gasteiger partial charge on any atom is -0.271 e. The number of hydrogen-bond acceptors (Lipinski definition) is 4. The molecule has 0 saturated heterocycles. The van der Waals surface area contributed by atoms with E-state index in [1.165, 1.54) is 0 Å². The number of nitrogens with zero attached hydrogens (tertiary/aromatic N) is 3. The molecule has 17 heavy (non-hydrogen) atoms. The second-order valence-electron chi connectivity index (χ2n) is 3.69. The Morgan fingerprint density at radius 2 is 2.41 bits per heavy atom. The fourth-order valence-corrected chi connectivity index (χ4v) is 1.79. The molecular formula is C12H15N5. The molecule has 0 aliphatic carbocycles. The fraction of sp³-hybridized carbons (Fsp3) is 0.333. The predicted molar refractivity (Wildman–Crippen MR) is 65.7 cm³/mol. The molecule has 0 radical (unpaired) electrons. The van der Waals surface area contributed by atoms with Crippen LogP contribution in [0.4, 0.5) is 0 Å². The smallest absolute Gasteiger partial charge is 0.0893 e. The third-order valence-electron chi connectivity index (χ3n) is 2.67. The highest BCUT2D eigenvalue weighted by Crippen LogP contribution is 2.21. The van der Waals surface area contributed by atoms with Crippen molar-refractivity contribution >= 4 is 5.52 Å². The number of hydrazine groups is 1. The van der Waals surface area contributed by atoms with Crippen molar-refractivity contribution in [3.8, 4) is 11.8 Å². The van der Waals surface area contributed by atoms with Crippen molar-refractivity contribution in [2.75, 3.05) is 0 Å². The largest absolute Gasteiger partial charge is 0.271 e. The van der Waals surface area contributed by atoms with E-state index in [0.717, 1.165) is 23.9 Å². The van der Waals surface area contributed by atoms with E-state index in [0.29, 0.717) is 0 Å². The van der Waals surface area contributed by atoms with Gasteiger partial charge in [-0.2, -0.15) is 5.10 Å². The lowest BCUT2D eigenvalue weighted by Gasteiger charge is -2.12. The molecule has 0 aromatic carbocycles. The lowest BCUT2D eigenvalue weighted by molar-refractivity contribution is 0.527. The molecule has 0 saturated carbocycles. The van der Waals surface area contributed by atoms with Gasteiger partial charge in [0, 0.05) is 24.4 Å². The molecule has 0 fully saturated rings. The minimum absolute atomic E-state index is 0.0533. The van der Waals surface area contributed by atoms with Crippen molar-refractivity contribution in [2.45, 2.75) is 25.8 Å². The van der Waals surface area contributed by atoms with Crippen LogP contribution in [0.15, 0.2) is 24.8 Å². The van der Waals surface area contributed by atoms with Crippen molar-refractivity contribution in [1.29, 1.82) is 0 Å². The summed E-state index contributed by atoms with van der Waals surface area (Å²) in [6.07, 6.45) is 8.80. The molecule has 2 aromatic heterocycles. The number of nitrogens with two attached hydrogens (primary N) is 1. The Morgan fingerprint density at radius 1 is 1.53 bits per heavy atom. The average molecular weight is 229 g/mol. The van der Waals surface area contributed by atoms with Gasteiger partial charge in [-0.05, 0) is 13.3 Å². The molecule has 2 aromatic rings. The van der Waals surface area contributed by atoms with Crippen molar-refractivity contribution in [3.63, 3.8) is 0 Å². The number of fused-ring (bicyclic) bond motifs is 1. The van der Waals surface area contributed by atoms with Crippen LogP contribution in [0.25, 0.3) is 5.52 Å². The molecule has 2 rings (SSSR count). The van der Waals surface area contributed by atoms with Crippen molar-refractivity contribution in [3.05, 3.63) is 30.4 Å². The first kappa shape index (κ1) is 11.6. The first-order chi connectivity index (χ1) is 8.36. The van der Waals surface area contributed by atoms with Crippen LogP contribution in [0, 0.1) is 11.8 Å². The van der Waals surface area contributed by atoms with Gasteiger partial charge in [-0.25, -0.2) is 4.52 Å². The van der Waals surface area contributed by atoms with Crippen molar-refractivity contribution in [1.82, 2.24) is 20.0 Å². The van der Waals surface area contributed by atoms with Crippen LogP contribution in [0.1, 0.15) is 31.4 Å². The van der Waals surface area contributed by atoms with Crippen LogP contribution in [-0.4, -0.2) is 14.6 Å². The predicted octanol–water partition coefficient (Wildman–Crippen LogP) is 1.04. The molecule has 3 N–H and O–H groups in total. The van der Waals surface area contributed by atoms with E-state index in [1.807, 2.05) is 19.3 Å². The van der Waals surface area contributed by atoms with Crippen molar-refractivity contribution < 1.29 is 0 Å². The molecule has 1 atom stereocenters. The fourth-order valence-electron chi connectivity index (χ4n) is 1.79. The summed E-state index contributed by atoms with van der Waals surface area (Å²) in [6, 6.07) is 0.0533. The zero-order chi connectivity index (χ0) is 12.1. The Morgan fingerprint density at radius 3 is 3.18 bits per heavy atom. The quantitative estimate of drug-likeness (QED) is 0.467. The summed E-state index contributed by atoms with van der Waals surface area (Å²) in [6.45, 7) is 1.84. The van der Waals surface area contributed by atoms with Crippen LogP contribution in [0.2, 0.25) is 0 Å². The molecule has 0 aliphatic heterocycles. The maximum atomic E-state index is 5.58. The highest BCUT2D eigenvalue weighted by molar-refractivity contribution is 5.53. The summed E-state index contributed by atoms with van der Waals surface area (Å²) in [4.78, 5) is 4.10. The second kappa shape index (κ2) is 5.43. The van der Waals surface area contributed by atoms with E-state index in [2.05, 4.69) is 27.3 Å². The van der Waals surface area contributed by atoms with E-state index in [4.69, 9.17) is 5.84 Å². The highest BCUT2D eigenvalue weighted by atomic mass is 15.3. The molecule has 0 aliphatic rings. The van der Waals surface area contributed by atoms with E-state index >= 15 is 0 Å².